The smallest absolute Gasteiger partial charge is 0.258 e. The summed E-state index contributed by atoms with van der Waals surface area (Å²) in [5, 5.41) is 2.82. The zero-order valence-corrected chi connectivity index (χ0v) is 15.9. The average Bonchev–Trinajstić information content (AvgIpc) is 2.70. The van der Waals surface area contributed by atoms with Crippen LogP contribution in [0.25, 0.3) is 0 Å². The van der Waals surface area contributed by atoms with E-state index in [0.29, 0.717) is 17.9 Å². The van der Waals surface area contributed by atoms with Gasteiger partial charge in [-0.1, -0.05) is 44.2 Å². The SMILES string of the molecule is CCN(CC)Cc1ccc(CNC(=O)COc2cccc(C(N)=O)c2)cc1. The normalized spacial score (nSPS) is 10.6. The number of hydrogen-bond acceptors (Lipinski definition) is 4. The largest absolute Gasteiger partial charge is 0.484 e. The molecule has 144 valence electrons. The minimum absolute atomic E-state index is 0.123. The Bertz CT molecular complexity index is 756. The van der Waals surface area contributed by atoms with E-state index in [0.717, 1.165) is 25.2 Å². The van der Waals surface area contributed by atoms with Crippen molar-refractivity contribution in [2.45, 2.75) is 26.9 Å². The lowest BCUT2D eigenvalue weighted by Gasteiger charge is -2.18. The molecule has 0 saturated heterocycles. The van der Waals surface area contributed by atoms with Crippen LogP contribution in [0.3, 0.4) is 0 Å². The third-order valence-corrected chi connectivity index (χ3v) is 4.30. The molecule has 6 heteroatoms. The molecule has 3 N–H and O–H groups in total. The van der Waals surface area contributed by atoms with Crippen molar-refractivity contribution in [2.75, 3.05) is 19.7 Å². The molecule has 2 rings (SSSR count). The maximum absolute atomic E-state index is 12.0. The van der Waals surface area contributed by atoms with Crippen molar-refractivity contribution in [1.82, 2.24) is 10.2 Å². The number of rotatable bonds is 10. The molecule has 2 aromatic rings. The van der Waals surface area contributed by atoms with E-state index in [2.05, 4.69) is 36.2 Å². The van der Waals surface area contributed by atoms with Crippen LogP contribution in [0.1, 0.15) is 35.3 Å². The first-order valence-electron chi connectivity index (χ1n) is 9.11. The van der Waals surface area contributed by atoms with Crippen molar-refractivity contribution in [2.24, 2.45) is 5.73 Å². The molecule has 0 atom stereocenters. The van der Waals surface area contributed by atoms with E-state index in [-0.39, 0.29) is 12.5 Å². The Kier molecular flexibility index (Phi) is 7.82. The predicted molar refractivity (Wildman–Crippen MR) is 105 cm³/mol. The molecule has 0 radical (unpaired) electrons. The van der Waals surface area contributed by atoms with E-state index in [4.69, 9.17) is 10.5 Å². The van der Waals surface area contributed by atoms with Gasteiger partial charge in [0.15, 0.2) is 6.61 Å². The minimum atomic E-state index is -0.533. The molecular weight excluding hydrogens is 342 g/mol. The molecule has 0 aliphatic rings. The Balaban J connectivity index is 1.78. The summed E-state index contributed by atoms with van der Waals surface area (Å²) in [6.07, 6.45) is 0. The van der Waals surface area contributed by atoms with Crippen LogP contribution >= 0.6 is 0 Å². The molecule has 2 amide bonds. The third-order valence-electron chi connectivity index (χ3n) is 4.30. The summed E-state index contributed by atoms with van der Waals surface area (Å²) in [6.45, 7) is 7.60. The molecule has 27 heavy (non-hydrogen) atoms. The number of amides is 2. The van der Waals surface area contributed by atoms with Gasteiger partial charge in [-0.25, -0.2) is 0 Å². The van der Waals surface area contributed by atoms with Crippen molar-refractivity contribution in [3.8, 4) is 5.75 Å². The number of primary amides is 1. The number of nitrogens with zero attached hydrogens (tertiary/aromatic N) is 1. The van der Waals surface area contributed by atoms with Crippen LogP contribution in [-0.4, -0.2) is 36.4 Å². The van der Waals surface area contributed by atoms with Gasteiger partial charge in [-0.05, 0) is 42.4 Å². The first-order chi connectivity index (χ1) is 13.0. The lowest BCUT2D eigenvalue weighted by atomic mass is 10.1. The molecule has 0 aromatic heterocycles. The summed E-state index contributed by atoms with van der Waals surface area (Å²) < 4.78 is 5.41. The highest BCUT2D eigenvalue weighted by molar-refractivity contribution is 5.93. The van der Waals surface area contributed by atoms with Crippen molar-refractivity contribution in [3.05, 3.63) is 65.2 Å². The Morgan fingerprint density at radius 3 is 2.33 bits per heavy atom. The monoisotopic (exact) mass is 369 g/mol. The molecule has 0 bridgehead atoms. The van der Waals surface area contributed by atoms with Gasteiger partial charge < -0.3 is 15.8 Å². The van der Waals surface area contributed by atoms with E-state index in [1.165, 1.54) is 11.6 Å². The number of nitrogens with two attached hydrogens (primary N) is 1. The fraction of sp³-hybridized carbons (Fsp3) is 0.333. The first-order valence-corrected chi connectivity index (χ1v) is 9.11. The van der Waals surface area contributed by atoms with Crippen LogP contribution < -0.4 is 15.8 Å². The maximum atomic E-state index is 12.0. The van der Waals surface area contributed by atoms with Crippen LogP contribution in [-0.2, 0) is 17.9 Å². The van der Waals surface area contributed by atoms with Gasteiger partial charge in [0, 0.05) is 18.7 Å². The van der Waals surface area contributed by atoms with Gasteiger partial charge in [-0.2, -0.15) is 0 Å². The second-order valence-corrected chi connectivity index (χ2v) is 6.24. The van der Waals surface area contributed by atoms with E-state index < -0.39 is 5.91 Å². The van der Waals surface area contributed by atoms with Gasteiger partial charge >= 0.3 is 0 Å². The van der Waals surface area contributed by atoms with Crippen LogP contribution in [0, 0.1) is 0 Å². The molecule has 0 aliphatic heterocycles. The summed E-state index contributed by atoms with van der Waals surface area (Å²) in [6, 6.07) is 14.7. The lowest BCUT2D eigenvalue weighted by molar-refractivity contribution is -0.123. The van der Waals surface area contributed by atoms with Gasteiger partial charge in [0.2, 0.25) is 5.91 Å². The van der Waals surface area contributed by atoms with Crippen LogP contribution in [0.2, 0.25) is 0 Å². The van der Waals surface area contributed by atoms with Crippen molar-refractivity contribution in [1.29, 1.82) is 0 Å². The zero-order valence-electron chi connectivity index (χ0n) is 15.9. The second kappa shape index (κ2) is 10.3. The van der Waals surface area contributed by atoms with Crippen molar-refractivity contribution >= 4 is 11.8 Å². The Labute approximate surface area is 160 Å². The molecule has 0 spiro atoms. The average molecular weight is 369 g/mol. The Morgan fingerprint density at radius 1 is 1.04 bits per heavy atom. The fourth-order valence-electron chi connectivity index (χ4n) is 2.61. The summed E-state index contributed by atoms with van der Waals surface area (Å²) >= 11 is 0. The summed E-state index contributed by atoms with van der Waals surface area (Å²) in [7, 11) is 0. The minimum Gasteiger partial charge on any atom is -0.484 e. The third kappa shape index (κ3) is 6.75. The molecule has 2 aromatic carbocycles. The number of benzene rings is 2. The van der Waals surface area contributed by atoms with E-state index in [1.807, 2.05) is 12.1 Å². The van der Waals surface area contributed by atoms with E-state index in [9.17, 15) is 9.59 Å². The van der Waals surface area contributed by atoms with Crippen LogP contribution in [0.4, 0.5) is 0 Å². The molecule has 6 nitrogen and oxygen atoms in total. The molecule has 0 saturated carbocycles. The standard InChI is InChI=1S/C21H27N3O3/c1-3-24(4-2)14-17-10-8-16(9-11-17)13-23-20(25)15-27-19-7-5-6-18(12-19)21(22)26/h5-12H,3-4,13-15H2,1-2H3,(H2,22,26)(H,23,25). The lowest BCUT2D eigenvalue weighted by Crippen LogP contribution is -2.28. The van der Waals surface area contributed by atoms with Crippen molar-refractivity contribution < 1.29 is 14.3 Å². The maximum Gasteiger partial charge on any atom is 0.258 e. The molecule has 0 heterocycles. The van der Waals surface area contributed by atoms with Gasteiger partial charge in [-0.15, -0.1) is 0 Å². The van der Waals surface area contributed by atoms with Gasteiger partial charge in [-0.3, -0.25) is 14.5 Å². The highest BCUT2D eigenvalue weighted by Gasteiger charge is 2.06. The van der Waals surface area contributed by atoms with Gasteiger partial charge in [0.1, 0.15) is 5.75 Å². The van der Waals surface area contributed by atoms with Crippen molar-refractivity contribution in [3.63, 3.8) is 0 Å². The molecule has 0 unspecified atom stereocenters. The first kappa shape index (κ1) is 20.5. The van der Waals surface area contributed by atoms with Crippen LogP contribution in [0.15, 0.2) is 48.5 Å². The molecule has 0 fully saturated rings. The number of carbonyl (C=O) groups is 2. The highest BCUT2D eigenvalue weighted by Crippen LogP contribution is 2.13. The van der Waals surface area contributed by atoms with Gasteiger partial charge in [0.25, 0.3) is 5.91 Å². The number of ether oxygens (including phenoxy) is 1. The van der Waals surface area contributed by atoms with E-state index in [1.54, 1.807) is 18.2 Å². The van der Waals surface area contributed by atoms with Crippen LogP contribution in [0.5, 0.6) is 5.75 Å². The Hall–Kier alpha value is -2.86. The summed E-state index contributed by atoms with van der Waals surface area (Å²) in [5.41, 5.74) is 7.86. The Morgan fingerprint density at radius 2 is 1.70 bits per heavy atom. The summed E-state index contributed by atoms with van der Waals surface area (Å²) in [5.74, 6) is -0.330. The topological polar surface area (TPSA) is 84.7 Å². The zero-order chi connectivity index (χ0) is 19.6. The summed E-state index contributed by atoms with van der Waals surface area (Å²) in [4.78, 5) is 25.5. The molecular formula is C21H27N3O3. The molecule has 0 aliphatic carbocycles. The fourth-order valence-corrected chi connectivity index (χ4v) is 2.61. The highest BCUT2D eigenvalue weighted by atomic mass is 16.5. The quantitative estimate of drug-likeness (QED) is 0.673. The number of carbonyl (C=O) groups excluding carboxylic acids is 2. The predicted octanol–water partition coefficient (Wildman–Crippen LogP) is 2.32. The van der Waals surface area contributed by atoms with E-state index >= 15 is 0 Å². The number of nitrogens with one attached hydrogen (secondary N) is 1. The van der Waals surface area contributed by atoms with Gasteiger partial charge in [0.05, 0.1) is 0 Å². The number of hydrogen-bond donors (Lipinski definition) is 2. The second-order valence-electron chi connectivity index (χ2n) is 6.24.